The quantitative estimate of drug-likeness (QED) is 0.495. The van der Waals surface area contributed by atoms with Crippen LogP contribution >= 0.6 is 12.4 Å². The SMILES string of the molecule is CC(C)c1ccc([C@](O)(c2cncc(-c3noc(C(C)(C)O)n3)c2)C2(C)CNC2)cc1F.Cl. The molecule has 0 aliphatic carbocycles. The van der Waals surface area contributed by atoms with E-state index in [-0.39, 0.29) is 35.9 Å². The first-order chi connectivity index (χ1) is 15.0. The normalized spacial score (nSPS) is 17.2. The zero-order valence-corrected chi connectivity index (χ0v) is 20.2. The minimum atomic E-state index is -1.50. The number of aliphatic hydroxyl groups is 2. The summed E-state index contributed by atoms with van der Waals surface area (Å²) in [6.07, 6.45) is 3.14. The molecular weight excluding hydrogens is 447 g/mol. The molecule has 2 aromatic heterocycles. The Morgan fingerprint density at radius 2 is 1.82 bits per heavy atom. The van der Waals surface area contributed by atoms with Gasteiger partial charge in [-0.3, -0.25) is 4.98 Å². The zero-order valence-electron chi connectivity index (χ0n) is 19.4. The molecule has 3 aromatic rings. The largest absolute Gasteiger partial charge is 0.381 e. The molecule has 0 spiro atoms. The van der Waals surface area contributed by atoms with Crippen LogP contribution in [0.5, 0.6) is 0 Å². The molecule has 7 nitrogen and oxygen atoms in total. The van der Waals surface area contributed by atoms with Crippen molar-refractivity contribution in [3.8, 4) is 11.4 Å². The average molecular weight is 477 g/mol. The number of nitrogens with zero attached hydrogens (tertiary/aromatic N) is 3. The summed E-state index contributed by atoms with van der Waals surface area (Å²) in [5.41, 5.74) is -1.26. The number of hydrogen-bond donors (Lipinski definition) is 3. The number of aromatic nitrogens is 3. The lowest BCUT2D eigenvalue weighted by atomic mass is 9.62. The van der Waals surface area contributed by atoms with Crippen molar-refractivity contribution in [1.82, 2.24) is 20.4 Å². The first-order valence-corrected chi connectivity index (χ1v) is 10.7. The van der Waals surface area contributed by atoms with Gasteiger partial charge in [-0.2, -0.15) is 4.98 Å². The second kappa shape index (κ2) is 8.76. The van der Waals surface area contributed by atoms with Crippen molar-refractivity contribution in [2.75, 3.05) is 13.1 Å². The lowest BCUT2D eigenvalue weighted by Crippen LogP contribution is -2.63. The van der Waals surface area contributed by atoms with Gasteiger partial charge in [0.25, 0.3) is 5.89 Å². The third kappa shape index (κ3) is 4.28. The third-order valence-electron chi connectivity index (χ3n) is 6.31. The van der Waals surface area contributed by atoms with E-state index >= 15 is 0 Å². The van der Waals surface area contributed by atoms with Crippen LogP contribution in [0.3, 0.4) is 0 Å². The van der Waals surface area contributed by atoms with Gasteiger partial charge in [-0.25, -0.2) is 4.39 Å². The lowest BCUT2D eigenvalue weighted by Gasteiger charge is -2.52. The van der Waals surface area contributed by atoms with Crippen molar-refractivity contribution in [3.05, 3.63) is 65.1 Å². The van der Waals surface area contributed by atoms with E-state index in [1.807, 2.05) is 20.8 Å². The fourth-order valence-electron chi connectivity index (χ4n) is 4.19. The highest BCUT2D eigenvalue weighted by molar-refractivity contribution is 5.85. The molecule has 0 unspecified atom stereocenters. The van der Waals surface area contributed by atoms with E-state index in [0.29, 0.717) is 35.3 Å². The van der Waals surface area contributed by atoms with Crippen molar-refractivity contribution in [2.24, 2.45) is 5.41 Å². The smallest absolute Gasteiger partial charge is 0.258 e. The summed E-state index contributed by atoms with van der Waals surface area (Å²) in [6, 6.07) is 6.69. The van der Waals surface area contributed by atoms with E-state index in [9.17, 15) is 14.6 Å². The molecule has 1 aromatic carbocycles. The topological polar surface area (TPSA) is 104 Å². The summed E-state index contributed by atoms with van der Waals surface area (Å²) in [7, 11) is 0. The standard InChI is InChI=1S/C24H29FN4O3.ClH/c1-14(2)18-7-6-16(9-19(18)25)24(31,23(5)12-27-13-23)17-8-15(10-26-11-17)20-28-21(32-29-20)22(3,4)30;/h6-11,14,27,30-31H,12-13H2,1-5H3;1H/t24-;/m0./s1. The molecule has 33 heavy (non-hydrogen) atoms. The Balaban J connectivity index is 0.00000306. The van der Waals surface area contributed by atoms with Crippen LogP contribution in [-0.4, -0.2) is 38.4 Å². The third-order valence-corrected chi connectivity index (χ3v) is 6.31. The summed E-state index contributed by atoms with van der Waals surface area (Å²) in [6.45, 7) is 10.1. The van der Waals surface area contributed by atoms with Crippen LogP contribution in [0.1, 0.15) is 63.1 Å². The van der Waals surface area contributed by atoms with Crippen molar-refractivity contribution >= 4 is 12.4 Å². The van der Waals surface area contributed by atoms with Gasteiger partial charge in [0.1, 0.15) is 17.0 Å². The van der Waals surface area contributed by atoms with E-state index in [1.165, 1.54) is 6.07 Å². The zero-order chi connectivity index (χ0) is 23.3. The summed E-state index contributed by atoms with van der Waals surface area (Å²) in [5, 5.41) is 29.4. The van der Waals surface area contributed by atoms with E-state index in [2.05, 4.69) is 20.4 Å². The van der Waals surface area contributed by atoms with Crippen molar-refractivity contribution in [2.45, 2.75) is 51.7 Å². The molecule has 9 heteroatoms. The molecule has 3 heterocycles. The Morgan fingerprint density at radius 3 is 2.33 bits per heavy atom. The maximum absolute atomic E-state index is 14.9. The molecule has 3 N–H and O–H groups in total. The van der Waals surface area contributed by atoms with Crippen LogP contribution in [0.4, 0.5) is 4.39 Å². The highest BCUT2D eigenvalue weighted by Crippen LogP contribution is 2.48. The molecule has 1 fully saturated rings. The Labute approximate surface area is 198 Å². The van der Waals surface area contributed by atoms with Gasteiger partial charge in [0.05, 0.1) is 0 Å². The van der Waals surface area contributed by atoms with Crippen molar-refractivity contribution < 1.29 is 19.1 Å². The van der Waals surface area contributed by atoms with Gasteiger partial charge in [-0.15, -0.1) is 12.4 Å². The monoisotopic (exact) mass is 476 g/mol. The molecule has 1 aliphatic rings. The van der Waals surface area contributed by atoms with Crippen molar-refractivity contribution in [3.63, 3.8) is 0 Å². The fraction of sp³-hybridized carbons (Fsp3) is 0.458. The van der Waals surface area contributed by atoms with Crippen LogP contribution in [0.25, 0.3) is 11.4 Å². The van der Waals surface area contributed by atoms with Crippen molar-refractivity contribution in [1.29, 1.82) is 0 Å². The molecule has 178 valence electrons. The number of pyridine rings is 1. The minimum absolute atomic E-state index is 0. The van der Waals surface area contributed by atoms with E-state index in [4.69, 9.17) is 4.52 Å². The summed E-state index contributed by atoms with van der Waals surface area (Å²) in [4.78, 5) is 8.57. The predicted molar refractivity (Wildman–Crippen MR) is 124 cm³/mol. The van der Waals surface area contributed by atoms with Crippen LogP contribution in [0.2, 0.25) is 0 Å². The van der Waals surface area contributed by atoms with Gasteiger partial charge in [-0.05, 0) is 43.0 Å². The fourth-order valence-corrected chi connectivity index (χ4v) is 4.19. The first kappa shape index (κ1) is 25.2. The highest BCUT2D eigenvalue weighted by atomic mass is 35.5. The van der Waals surface area contributed by atoms with Crippen LogP contribution in [0.15, 0.2) is 41.2 Å². The number of benzene rings is 1. The van der Waals surface area contributed by atoms with E-state index < -0.39 is 16.6 Å². The van der Waals surface area contributed by atoms with Gasteiger partial charge in [0.15, 0.2) is 0 Å². The second-order valence-corrected chi connectivity index (χ2v) is 9.71. The number of rotatable bonds is 6. The molecule has 0 bridgehead atoms. The maximum atomic E-state index is 14.9. The minimum Gasteiger partial charge on any atom is -0.381 e. The van der Waals surface area contributed by atoms with Gasteiger partial charge in [0.2, 0.25) is 5.82 Å². The maximum Gasteiger partial charge on any atom is 0.258 e. The molecule has 1 atom stereocenters. The van der Waals surface area contributed by atoms with Crippen LogP contribution < -0.4 is 5.32 Å². The second-order valence-electron chi connectivity index (χ2n) is 9.71. The molecule has 1 aliphatic heterocycles. The van der Waals surface area contributed by atoms with E-state index in [1.54, 1.807) is 44.4 Å². The van der Waals surface area contributed by atoms with Gasteiger partial charge < -0.3 is 20.1 Å². The molecule has 4 rings (SSSR count). The summed E-state index contributed by atoms with van der Waals surface area (Å²) in [5.74, 6) is 0.0157. The lowest BCUT2D eigenvalue weighted by molar-refractivity contribution is -0.0771. The van der Waals surface area contributed by atoms with Crippen LogP contribution in [0, 0.1) is 11.2 Å². The van der Waals surface area contributed by atoms with Crippen LogP contribution in [-0.2, 0) is 11.2 Å². The number of hydrogen-bond acceptors (Lipinski definition) is 7. The summed E-state index contributed by atoms with van der Waals surface area (Å²) >= 11 is 0. The Kier molecular flexibility index (Phi) is 6.70. The number of halogens is 2. The van der Waals surface area contributed by atoms with Gasteiger partial charge in [-0.1, -0.05) is 38.1 Å². The Bertz CT molecular complexity index is 1140. The molecular formula is C24H30ClFN4O3. The molecule has 1 saturated heterocycles. The Hall–Kier alpha value is -2.39. The molecule has 0 amide bonds. The average Bonchev–Trinajstić information content (AvgIpc) is 3.22. The Morgan fingerprint density at radius 1 is 1.12 bits per heavy atom. The molecule has 0 saturated carbocycles. The van der Waals surface area contributed by atoms with Gasteiger partial charge >= 0.3 is 0 Å². The van der Waals surface area contributed by atoms with E-state index in [0.717, 1.165) is 0 Å². The highest BCUT2D eigenvalue weighted by Gasteiger charge is 2.53. The summed E-state index contributed by atoms with van der Waals surface area (Å²) < 4.78 is 20.1. The predicted octanol–water partition coefficient (Wildman–Crippen LogP) is 3.89. The molecule has 0 radical (unpaired) electrons. The first-order valence-electron chi connectivity index (χ1n) is 10.7. The van der Waals surface area contributed by atoms with Gasteiger partial charge in [0, 0.05) is 42.0 Å². The number of nitrogens with one attached hydrogen (secondary N) is 1.